The third kappa shape index (κ3) is 8.81. The van der Waals surface area contributed by atoms with Crippen molar-refractivity contribution in [1.82, 2.24) is 0 Å². The van der Waals surface area contributed by atoms with Crippen LogP contribution in [0.2, 0.25) is 0 Å². The number of hydrogen-bond acceptors (Lipinski definition) is 3. The van der Waals surface area contributed by atoms with Crippen LogP contribution in [-0.4, -0.2) is 17.2 Å². The van der Waals surface area contributed by atoms with Crippen LogP contribution < -0.4 is 0 Å². The highest BCUT2D eigenvalue weighted by atomic mass is 16.5. The van der Waals surface area contributed by atoms with Crippen molar-refractivity contribution in [2.24, 2.45) is 5.41 Å². The molecule has 0 amide bonds. The van der Waals surface area contributed by atoms with Crippen molar-refractivity contribution in [2.45, 2.75) is 103 Å². The Hall–Kier alpha value is -1.51. The molecule has 2 rings (SSSR count). The maximum absolute atomic E-state index is 10.5. The molecule has 1 aliphatic carbocycles. The molecular weight excluding hydrogens is 336 g/mol. The van der Waals surface area contributed by atoms with E-state index in [0.717, 1.165) is 44.9 Å². The number of aryl methyl sites for hydroxylation is 2. The van der Waals surface area contributed by atoms with Gasteiger partial charge in [0.1, 0.15) is 11.4 Å². The Labute approximate surface area is 165 Å². The van der Waals surface area contributed by atoms with E-state index in [1.165, 1.54) is 43.2 Å². The highest BCUT2D eigenvalue weighted by Crippen LogP contribution is 2.43. The second-order valence-corrected chi connectivity index (χ2v) is 9.59. The Balaban J connectivity index is 1.66. The number of hydrogen-bond donors (Lipinski definition) is 1. The van der Waals surface area contributed by atoms with Crippen LogP contribution in [0.25, 0.3) is 0 Å². The Morgan fingerprint density at radius 3 is 2.11 bits per heavy atom. The van der Waals surface area contributed by atoms with E-state index in [9.17, 15) is 9.90 Å². The third-order valence-corrected chi connectivity index (χ3v) is 5.63. The first kappa shape index (κ1) is 21.8. The number of rotatable bonds is 13. The van der Waals surface area contributed by atoms with Crippen molar-refractivity contribution in [3.05, 3.63) is 29.3 Å². The molecule has 0 heterocycles. The minimum Gasteiger partial charge on any atom is -0.508 e. The molecule has 1 aromatic rings. The van der Waals surface area contributed by atoms with Gasteiger partial charge in [0, 0.05) is 0 Å². The van der Waals surface area contributed by atoms with Gasteiger partial charge in [-0.05, 0) is 86.5 Å². The SMILES string of the molecule is CC(C)(C)CCCCCCc1cc(O)cc(CCCCC2(OC=O)CC2)c1. The van der Waals surface area contributed by atoms with Gasteiger partial charge in [-0.1, -0.05) is 46.1 Å². The summed E-state index contributed by atoms with van der Waals surface area (Å²) in [6.07, 6.45) is 13.5. The zero-order valence-corrected chi connectivity index (χ0v) is 17.6. The van der Waals surface area contributed by atoms with E-state index in [1.807, 2.05) is 12.1 Å². The molecule has 3 heteroatoms. The molecule has 0 radical (unpaired) electrons. The van der Waals surface area contributed by atoms with Crippen molar-refractivity contribution in [2.75, 3.05) is 0 Å². The second-order valence-electron chi connectivity index (χ2n) is 9.59. The number of phenols is 1. The zero-order chi connectivity index (χ0) is 19.8. The minimum atomic E-state index is -0.140. The van der Waals surface area contributed by atoms with E-state index in [1.54, 1.807) is 0 Å². The highest BCUT2D eigenvalue weighted by Gasteiger charge is 2.44. The molecule has 1 aromatic carbocycles. The van der Waals surface area contributed by atoms with Gasteiger partial charge < -0.3 is 9.84 Å². The fourth-order valence-corrected chi connectivity index (χ4v) is 3.81. The summed E-state index contributed by atoms with van der Waals surface area (Å²) in [5, 5.41) is 10.0. The number of carbonyl (C=O) groups is 1. The van der Waals surface area contributed by atoms with E-state index in [4.69, 9.17) is 4.74 Å². The first-order chi connectivity index (χ1) is 12.8. The molecule has 0 atom stereocenters. The molecule has 0 spiro atoms. The average molecular weight is 375 g/mol. The molecule has 0 bridgehead atoms. The van der Waals surface area contributed by atoms with Gasteiger partial charge in [0.25, 0.3) is 6.47 Å². The summed E-state index contributed by atoms with van der Waals surface area (Å²) in [6, 6.07) is 6.06. The standard InChI is InChI=1S/C24H38O3/c1-23(2,3)12-8-5-4-6-10-20-16-21(18-22(26)17-20)11-7-9-13-24(14-15-24)27-19-25/h16-19,26H,4-15H2,1-3H3. The predicted molar refractivity (Wildman–Crippen MR) is 111 cm³/mol. The summed E-state index contributed by atoms with van der Waals surface area (Å²) in [5.41, 5.74) is 2.78. The molecular formula is C24H38O3. The summed E-state index contributed by atoms with van der Waals surface area (Å²) in [7, 11) is 0. The average Bonchev–Trinajstić information content (AvgIpc) is 3.34. The van der Waals surface area contributed by atoms with Gasteiger partial charge in [0.2, 0.25) is 0 Å². The first-order valence-electron chi connectivity index (χ1n) is 10.8. The third-order valence-electron chi connectivity index (χ3n) is 5.63. The lowest BCUT2D eigenvalue weighted by atomic mass is 9.89. The summed E-state index contributed by atoms with van der Waals surface area (Å²) in [4.78, 5) is 10.5. The molecule has 0 aliphatic heterocycles. The Morgan fingerprint density at radius 2 is 1.56 bits per heavy atom. The van der Waals surface area contributed by atoms with Crippen LogP contribution in [-0.2, 0) is 22.4 Å². The number of unbranched alkanes of at least 4 members (excludes halogenated alkanes) is 4. The molecule has 1 aliphatic rings. The van der Waals surface area contributed by atoms with Gasteiger partial charge in [-0.25, -0.2) is 0 Å². The Bertz CT molecular complexity index is 582. The molecule has 27 heavy (non-hydrogen) atoms. The van der Waals surface area contributed by atoms with Crippen molar-refractivity contribution in [1.29, 1.82) is 0 Å². The number of ether oxygens (including phenoxy) is 1. The molecule has 1 fully saturated rings. The van der Waals surface area contributed by atoms with Gasteiger partial charge in [0.05, 0.1) is 0 Å². The summed E-state index contributed by atoms with van der Waals surface area (Å²) < 4.78 is 5.20. The highest BCUT2D eigenvalue weighted by molar-refractivity contribution is 5.39. The predicted octanol–water partition coefficient (Wildman–Crippen LogP) is 6.35. The molecule has 0 unspecified atom stereocenters. The lowest BCUT2D eigenvalue weighted by Crippen LogP contribution is -2.12. The van der Waals surface area contributed by atoms with Crippen molar-refractivity contribution in [3.8, 4) is 5.75 Å². The van der Waals surface area contributed by atoms with Crippen LogP contribution in [0.15, 0.2) is 18.2 Å². The fourth-order valence-electron chi connectivity index (χ4n) is 3.81. The molecule has 3 nitrogen and oxygen atoms in total. The Kier molecular flexibility index (Phi) is 8.19. The lowest BCUT2D eigenvalue weighted by molar-refractivity contribution is -0.135. The minimum absolute atomic E-state index is 0.140. The monoisotopic (exact) mass is 374 g/mol. The van der Waals surface area contributed by atoms with Crippen LogP contribution in [0, 0.1) is 5.41 Å². The van der Waals surface area contributed by atoms with E-state index in [0.29, 0.717) is 17.6 Å². The van der Waals surface area contributed by atoms with Crippen molar-refractivity contribution >= 4 is 6.47 Å². The van der Waals surface area contributed by atoms with E-state index < -0.39 is 0 Å². The number of phenolic OH excluding ortho intramolecular Hbond substituents is 1. The molecule has 1 N–H and O–H groups in total. The van der Waals surface area contributed by atoms with Gasteiger partial charge >= 0.3 is 0 Å². The fraction of sp³-hybridized carbons (Fsp3) is 0.708. The summed E-state index contributed by atoms with van der Waals surface area (Å²) in [5.74, 6) is 0.387. The van der Waals surface area contributed by atoms with Crippen molar-refractivity contribution < 1.29 is 14.6 Å². The normalized spacial score (nSPS) is 15.5. The largest absolute Gasteiger partial charge is 0.508 e. The van der Waals surface area contributed by atoms with E-state index in [-0.39, 0.29) is 5.60 Å². The molecule has 152 valence electrons. The van der Waals surface area contributed by atoms with Gasteiger partial charge in [0.15, 0.2) is 0 Å². The lowest BCUT2D eigenvalue weighted by Gasteiger charge is -2.17. The van der Waals surface area contributed by atoms with Crippen LogP contribution >= 0.6 is 0 Å². The molecule has 1 saturated carbocycles. The number of benzene rings is 1. The first-order valence-corrected chi connectivity index (χ1v) is 10.8. The second kappa shape index (κ2) is 10.1. The van der Waals surface area contributed by atoms with Crippen LogP contribution in [0.4, 0.5) is 0 Å². The Morgan fingerprint density at radius 1 is 0.963 bits per heavy atom. The van der Waals surface area contributed by atoms with Gasteiger partial charge in [-0.2, -0.15) is 0 Å². The molecule has 0 aromatic heterocycles. The van der Waals surface area contributed by atoms with Gasteiger partial charge in [-0.3, -0.25) is 4.79 Å². The zero-order valence-electron chi connectivity index (χ0n) is 17.6. The summed E-state index contributed by atoms with van der Waals surface area (Å²) in [6.45, 7) is 7.51. The van der Waals surface area contributed by atoms with E-state index in [2.05, 4.69) is 26.8 Å². The van der Waals surface area contributed by atoms with Crippen LogP contribution in [0.3, 0.4) is 0 Å². The van der Waals surface area contributed by atoms with Crippen molar-refractivity contribution in [3.63, 3.8) is 0 Å². The topological polar surface area (TPSA) is 46.5 Å². The van der Waals surface area contributed by atoms with Crippen LogP contribution in [0.1, 0.15) is 96.1 Å². The summed E-state index contributed by atoms with van der Waals surface area (Å²) >= 11 is 0. The van der Waals surface area contributed by atoms with Crippen LogP contribution in [0.5, 0.6) is 5.75 Å². The maximum Gasteiger partial charge on any atom is 0.293 e. The number of aromatic hydroxyl groups is 1. The smallest absolute Gasteiger partial charge is 0.293 e. The quantitative estimate of drug-likeness (QED) is 0.323. The van der Waals surface area contributed by atoms with Gasteiger partial charge in [-0.15, -0.1) is 0 Å². The molecule has 0 saturated heterocycles. The van der Waals surface area contributed by atoms with E-state index >= 15 is 0 Å². The maximum atomic E-state index is 10.5. The number of carbonyl (C=O) groups excluding carboxylic acids is 1.